The van der Waals surface area contributed by atoms with Gasteiger partial charge in [0, 0.05) is 19.0 Å². The summed E-state index contributed by atoms with van der Waals surface area (Å²) in [6.07, 6.45) is 1.19. The van der Waals surface area contributed by atoms with E-state index in [4.69, 9.17) is 4.74 Å². The monoisotopic (exact) mass is 292 g/mol. The van der Waals surface area contributed by atoms with Gasteiger partial charge in [0.1, 0.15) is 17.6 Å². The highest BCUT2D eigenvalue weighted by atomic mass is 16.6. The Morgan fingerprint density at radius 2 is 2.29 bits per heavy atom. The molecule has 1 aromatic rings. The van der Waals surface area contributed by atoms with Crippen molar-refractivity contribution in [2.24, 2.45) is 0 Å². The summed E-state index contributed by atoms with van der Waals surface area (Å²) >= 11 is 0. The molecule has 8 nitrogen and oxygen atoms in total. The number of hydrogen-bond acceptors (Lipinski definition) is 5. The predicted molar refractivity (Wildman–Crippen MR) is 72.1 cm³/mol. The number of aromatic amines is 1. The Morgan fingerprint density at radius 1 is 1.52 bits per heavy atom. The minimum absolute atomic E-state index is 0.0957. The molecule has 1 aliphatic carbocycles. The van der Waals surface area contributed by atoms with Gasteiger partial charge >= 0.3 is 6.09 Å². The van der Waals surface area contributed by atoms with E-state index in [0.29, 0.717) is 12.4 Å². The summed E-state index contributed by atoms with van der Waals surface area (Å²) in [5.41, 5.74) is -0.234. The van der Waals surface area contributed by atoms with E-state index in [-0.39, 0.29) is 29.8 Å². The highest BCUT2D eigenvalue weighted by Gasteiger charge is 2.29. The van der Waals surface area contributed by atoms with Crippen LogP contribution in [-0.2, 0) is 4.74 Å². The Morgan fingerprint density at radius 3 is 2.90 bits per heavy atom. The maximum absolute atomic E-state index is 12.0. The molecule has 2 N–H and O–H groups in total. The van der Waals surface area contributed by atoms with Crippen LogP contribution >= 0.6 is 0 Å². The van der Waals surface area contributed by atoms with Crippen molar-refractivity contribution < 1.29 is 14.3 Å². The average molecular weight is 292 g/mol. The lowest BCUT2D eigenvalue weighted by molar-refractivity contribution is 0.0909. The van der Waals surface area contributed by atoms with E-state index in [1.54, 1.807) is 7.05 Å². The zero-order valence-electron chi connectivity index (χ0n) is 11.6. The predicted octanol–water partition coefficient (Wildman–Crippen LogP) is -0.172. The van der Waals surface area contributed by atoms with Gasteiger partial charge in [0.25, 0.3) is 11.5 Å². The van der Waals surface area contributed by atoms with Gasteiger partial charge in [0.05, 0.1) is 13.1 Å². The van der Waals surface area contributed by atoms with Gasteiger partial charge in [0.15, 0.2) is 0 Å². The lowest BCUT2D eigenvalue weighted by atomic mass is 10.3. The molecule has 2 aliphatic rings. The number of aromatic nitrogens is 2. The molecule has 1 atom stereocenters. The molecule has 1 saturated heterocycles. The summed E-state index contributed by atoms with van der Waals surface area (Å²) < 4.78 is 5.04. The van der Waals surface area contributed by atoms with Crippen LogP contribution in [-0.4, -0.2) is 53.1 Å². The first-order valence-electron chi connectivity index (χ1n) is 6.84. The molecular formula is C13H16N4O4. The van der Waals surface area contributed by atoms with E-state index in [1.807, 2.05) is 0 Å². The zero-order chi connectivity index (χ0) is 15.0. The van der Waals surface area contributed by atoms with Crippen LogP contribution in [0.1, 0.15) is 35.1 Å². The summed E-state index contributed by atoms with van der Waals surface area (Å²) in [6, 6.07) is 1.17. The molecule has 2 heterocycles. The number of H-pyrrole nitrogens is 1. The minimum Gasteiger partial charge on any atom is -0.442 e. The van der Waals surface area contributed by atoms with E-state index in [9.17, 15) is 14.4 Å². The molecule has 0 radical (unpaired) electrons. The maximum atomic E-state index is 12.0. The summed E-state index contributed by atoms with van der Waals surface area (Å²) in [6.45, 7) is 0.622. The highest BCUT2D eigenvalue weighted by molar-refractivity contribution is 5.92. The fourth-order valence-electron chi connectivity index (χ4n) is 2.20. The van der Waals surface area contributed by atoms with Crippen LogP contribution in [0.25, 0.3) is 0 Å². The van der Waals surface area contributed by atoms with Crippen molar-refractivity contribution in [3.8, 4) is 0 Å². The second-order valence-corrected chi connectivity index (χ2v) is 5.39. The average Bonchev–Trinajstić information content (AvgIpc) is 3.23. The van der Waals surface area contributed by atoms with Crippen LogP contribution in [0.15, 0.2) is 10.9 Å². The number of ether oxygens (including phenoxy) is 1. The fraction of sp³-hybridized carbons (Fsp3) is 0.538. The van der Waals surface area contributed by atoms with Crippen molar-refractivity contribution in [3.63, 3.8) is 0 Å². The van der Waals surface area contributed by atoms with Crippen molar-refractivity contribution in [2.45, 2.75) is 24.9 Å². The SMILES string of the molecule is CN1C[C@@H](CNC(=O)c2cc(=O)[nH]c(C3CC3)n2)OC1=O. The molecule has 1 aromatic heterocycles. The van der Waals surface area contributed by atoms with Crippen LogP contribution in [0.4, 0.5) is 4.79 Å². The number of nitrogens with zero attached hydrogens (tertiary/aromatic N) is 2. The molecule has 8 heteroatoms. The van der Waals surface area contributed by atoms with Crippen LogP contribution in [0.5, 0.6) is 0 Å². The van der Waals surface area contributed by atoms with Gasteiger partial charge in [-0.1, -0.05) is 0 Å². The van der Waals surface area contributed by atoms with E-state index >= 15 is 0 Å². The number of carbonyl (C=O) groups is 2. The van der Waals surface area contributed by atoms with Crippen molar-refractivity contribution in [1.29, 1.82) is 0 Å². The van der Waals surface area contributed by atoms with Gasteiger partial charge < -0.3 is 19.9 Å². The van der Waals surface area contributed by atoms with Crippen LogP contribution in [0, 0.1) is 0 Å². The molecule has 0 aromatic carbocycles. The summed E-state index contributed by atoms with van der Waals surface area (Å²) in [5, 5.41) is 2.64. The molecule has 1 saturated carbocycles. The Balaban J connectivity index is 1.63. The molecule has 0 bridgehead atoms. The Hall–Kier alpha value is -2.38. The molecular weight excluding hydrogens is 276 g/mol. The largest absolute Gasteiger partial charge is 0.442 e. The van der Waals surface area contributed by atoms with Gasteiger partial charge in [-0.05, 0) is 12.8 Å². The van der Waals surface area contributed by atoms with Crippen LogP contribution in [0.3, 0.4) is 0 Å². The third kappa shape index (κ3) is 3.04. The number of hydrogen-bond donors (Lipinski definition) is 2. The first-order chi connectivity index (χ1) is 10.0. The van der Waals surface area contributed by atoms with Crippen LogP contribution in [0.2, 0.25) is 0 Å². The molecule has 112 valence electrons. The zero-order valence-corrected chi connectivity index (χ0v) is 11.6. The summed E-state index contributed by atoms with van der Waals surface area (Å²) in [4.78, 5) is 43.1. The normalized spacial score (nSPS) is 21.3. The van der Waals surface area contributed by atoms with Gasteiger partial charge in [-0.15, -0.1) is 0 Å². The van der Waals surface area contributed by atoms with Crippen molar-refractivity contribution >= 4 is 12.0 Å². The number of nitrogens with one attached hydrogen (secondary N) is 2. The lowest BCUT2D eigenvalue weighted by Gasteiger charge is -2.09. The van der Waals surface area contributed by atoms with Crippen molar-refractivity contribution in [2.75, 3.05) is 20.1 Å². The molecule has 3 rings (SSSR count). The maximum Gasteiger partial charge on any atom is 0.410 e. The van der Waals surface area contributed by atoms with Gasteiger partial charge in [-0.25, -0.2) is 9.78 Å². The Bertz CT molecular complexity index is 637. The molecule has 0 unspecified atom stereocenters. The fourth-order valence-corrected chi connectivity index (χ4v) is 2.20. The molecule has 21 heavy (non-hydrogen) atoms. The quantitative estimate of drug-likeness (QED) is 0.801. The van der Waals surface area contributed by atoms with Crippen molar-refractivity contribution in [1.82, 2.24) is 20.2 Å². The molecule has 2 amide bonds. The molecule has 0 spiro atoms. The lowest BCUT2D eigenvalue weighted by Crippen LogP contribution is -2.35. The topological polar surface area (TPSA) is 104 Å². The first kappa shape index (κ1) is 13.6. The van der Waals surface area contributed by atoms with E-state index in [0.717, 1.165) is 12.8 Å². The van der Waals surface area contributed by atoms with E-state index in [1.165, 1.54) is 11.0 Å². The smallest absolute Gasteiger partial charge is 0.410 e. The van der Waals surface area contributed by atoms with Crippen LogP contribution < -0.4 is 10.9 Å². The molecule has 1 aliphatic heterocycles. The highest BCUT2D eigenvalue weighted by Crippen LogP contribution is 2.37. The number of likely N-dealkylation sites (N-methyl/N-ethyl adjacent to an activating group) is 1. The third-order valence-corrected chi connectivity index (χ3v) is 3.50. The summed E-state index contributed by atoms with van der Waals surface area (Å²) in [7, 11) is 1.63. The number of rotatable bonds is 4. The minimum atomic E-state index is -0.436. The number of cyclic esters (lactones) is 1. The Labute approximate surface area is 120 Å². The van der Waals surface area contributed by atoms with Gasteiger partial charge in [-0.2, -0.15) is 0 Å². The van der Waals surface area contributed by atoms with E-state index < -0.39 is 12.0 Å². The van der Waals surface area contributed by atoms with Gasteiger partial charge in [-0.3, -0.25) is 9.59 Å². The second-order valence-electron chi connectivity index (χ2n) is 5.39. The third-order valence-electron chi connectivity index (χ3n) is 3.50. The number of carbonyl (C=O) groups excluding carboxylic acids is 2. The summed E-state index contributed by atoms with van der Waals surface area (Å²) in [5.74, 6) is 0.392. The number of amides is 2. The van der Waals surface area contributed by atoms with Crippen molar-refractivity contribution in [3.05, 3.63) is 27.9 Å². The van der Waals surface area contributed by atoms with Gasteiger partial charge in [0.2, 0.25) is 0 Å². The van der Waals surface area contributed by atoms with E-state index in [2.05, 4.69) is 15.3 Å². The first-order valence-corrected chi connectivity index (χ1v) is 6.84. The second kappa shape index (κ2) is 5.19. The molecule has 2 fully saturated rings. The Kier molecular flexibility index (Phi) is 3.36. The standard InChI is InChI=1S/C13H16N4O4/c1-17-6-8(21-13(17)20)5-14-12(19)9-4-10(18)16-11(15-9)7-2-3-7/h4,7-8H,2-3,5-6H2,1H3,(H,14,19)(H,15,16,18)/t8-/m1/s1.